The standard InChI is InChI=1S/C15H28O2/c1-4-5-6-7-8-9-10-11-12-13-14(2)17-15(3)16/h10-11,14H,4-9,12-13H2,1-3H3/b11-10+. The van der Waals surface area contributed by atoms with Crippen molar-refractivity contribution in [3.05, 3.63) is 12.2 Å². The average molecular weight is 240 g/mol. The lowest BCUT2D eigenvalue weighted by atomic mass is 10.1. The number of hydrogen-bond acceptors (Lipinski definition) is 2. The molecule has 2 heteroatoms. The fraction of sp³-hybridized carbons (Fsp3) is 0.800. The van der Waals surface area contributed by atoms with Gasteiger partial charge in [-0.1, -0.05) is 44.8 Å². The van der Waals surface area contributed by atoms with Gasteiger partial charge >= 0.3 is 5.97 Å². The molecule has 0 spiro atoms. The van der Waals surface area contributed by atoms with Crippen LogP contribution < -0.4 is 0 Å². The summed E-state index contributed by atoms with van der Waals surface area (Å²) in [5.41, 5.74) is 0. The summed E-state index contributed by atoms with van der Waals surface area (Å²) in [5.74, 6) is -0.183. The van der Waals surface area contributed by atoms with E-state index in [4.69, 9.17) is 4.74 Å². The van der Waals surface area contributed by atoms with Crippen LogP contribution in [-0.2, 0) is 9.53 Å². The van der Waals surface area contributed by atoms with Crippen LogP contribution in [0.1, 0.15) is 72.1 Å². The van der Waals surface area contributed by atoms with Crippen LogP contribution in [0.25, 0.3) is 0 Å². The molecule has 0 saturated carbocycles. The largest absolute Gasteiger partial charge is 0.463 e. The highest BCUT2D eigenvalue weighted by atomic mass is 16.5. The van der Waals surface area contributed by atoms with Crippen molar-refractivity contribution in [2.45, 2.75) is 78.2 Å². The van der Waals surface area contributed by atoms with Crippen molar-refractivity contribution < 1.29 is 9.53 Å². The van der Waals surface area contributed by atoms with Gasteiger partial charge in [0.25, 0.3) is 0 Å². The Hall–Kier alpha value is -0.790. The maximum Gasteiger partial charge on any atom is 0.302 e. The predicted octanol–water partition coefficient (Wildman–Crippen LogP) is 4.63. The summed E-state index contributed by atoms with van der Waals surface area (Å²) in [6.45, 7) is 5.65. The number of esters is 1. The van der Waals surface area contributed by atoms with Gasteiger partial charge in [-0.3, -0.25) is 4.79 Å². The summed E-state index contributed by atoms with van der Waals surface area (Å²) in [5, 5.41) is 0. The Morgan fingerprint density at radius 3 is 2.41 bits per heavy atom. The average Bonchev–Trinajstić information content (AvgIpc) is 2.26. The minimum Gasteiger partial charge on any atom is -0.463 e. The molecule has 1 unspecified atom stereocenters. The van der Waals surface area contributed by atoms with Gasteiger partial charge in [0.1, 0.15) is 0 Å². The normalized spacial score (nSPS) is 12.9. The lowest BCUT2D eigenvalue weighted by molar-refractivity contribution is -0.145. The zero-order valence-corrected chi connectivity index (χ0v) is 11.7. The van der Waals surface area contributed by atoms with Crippen LogP contribution in [0.3, 0.4) is 0 Å². The lowest BCUT2D eigenvalue weighted by Gasteiger charge is -2.09. The van der Waals surface area contributed by atoms with E-state index in [1.165, 1.54) is 45.4 Å². The van der Waals surface area contributed by atoms with Gasteiger partial charge in [0.2, 0.25) is 0 Å². The summed E-state index contributed by atoms with van der Waals surface area (Å²) >= 11 is 0. The first kappa shape index (κ1) is 16.2. The number of hydrogen-bond donors (Lipinski definition) is 0. The van der Waals surface area contributed by atoms with Crippen LogP contribution >= 0.6 is 0 Å². The van der Waals surface area contributed by atoms with Crippen molar-refractivity contribution in [3.63, 3.8) is 0 Å². The van der Waals surface area contributed by atoms with Gasteiger partial charge < -0.3 is 4.74 Å². The molecule has 0 aromatic rings. The Kier molecular flexibility index (Phi) is 11.1. The molecule has 0 radical (unpaired) electrons. The fourth-order valence-corrected chi connectivity index (χ4v) is 1.77. The first-order valence-corrected chi connectivity index (χ1v) is 6.99. The Balaban J connectivity index is 3.27. The molecule has 0 amide bonds. The second-order valence-electron chi connectivity index (χ2n) is 4.67. The summed E-state index contributed by atoms with van der Waals surface area (Å²) in [7, 11) is 0. The van der Waals surface area contributed by atoms with Gasteiger partial charge in [-0.05, 0) is 32.6 Å². The van der Waals surface area contributed by atoms with Crippen LogP contribution in [0.15, 0.2) is 12.2 Å². The zero-order chi connectivity index (χ0) is 12.9. The third kappa shape index (κ3) is 13.1. The number of unbranched alkanes of at least 4 members (excludes halogenated alkanes) is 5. The predicted molar refractivity (Wildman–Crippen MR) is 73.0 cm³/mol. The van der Waals surface area contributed by atoms with Crippen molar-refractivity contribution in [1.82, 2.24) is 0 Å². The third-order valence-electron chi connectivity index (χ3n) is 2.75. The maximum absolute atomic E-state index is 10.7. The molecule has 0 bridgehead atoms. The SMILES string of the molecule is CCCCCCC/C=C/CCC(C)OC(C)=O. The molecule has 2 nitrogen and oxygen atoms in total. The van der Waals surface area contributed by atoms with Gasteiger partial charge in [-0.25, -0.2) is 0 Å². The van der Waals surface area contributed by atoms with Crippen molar-refractivity contribution in [3.8, 4) is 0 Å². The minimum absolute atomic E-state index is 0.0432. The van der Waals surface area contributed by atoms with E-state index in [1.807, 2.05) is 6.92 Å². The summed E-state index contributed by atoms with van der Waals surface area (Å²) in [6.07, 6.45) is 14.3. The zero-order valence-electron chi connectivity index (χ0n) is 11.7. The highest BCUT2D eigenvalue weighted by Gasteiger charge is 2.02. The van der Waals surface area contributed by atoms with Crippen LogP contribution in [-0.4, -0.2) is 12.1 Å². The highest BCUT2D eigenvalue weighted by molar-refractivity contribution is 5.66. The molecular formula is C15H28O2. The minimum atomic E-state index is -0.183. The van der Waals surface area contributed by atoms with Crippen LogP contribution in [0.5, 0.6) is 0 Å². The number of carbonyl (C=O) groups is 1. The molecule has 0 N–H and O–H groups in total. The molecule has 0 saturated heterocycles. The lowest BCUT2D eigenvalue weighted by Crippen LogP contribution is -2.11. The topological polar surface area (TPSA) is 26.3 Å². The van der Waals surface area contributed by atoms with E-state index in [-0.39, 0.29) is 12.1 Å². The van der Waals surface area contributed by atoms with E-state index in [0.717, 1.165) is 12.8 Å². The van der Waals surface area contributed by atoms with Crippen molar-refractivity contribution in [1.29, 1.82) is 0 Å². The first-order chi connectivity index (χ1) is 8.16. The van der Waals surface area contributed by atoms with E-state index in [0.29, 0.717) is 0 Å². The Morgan fingerprint density at radius 2 is 1.76 bits per heavy atom. The van der Waals surface area contributed by atoms with E-state index in [1.54, 1.807) is 0 Å². The van der Waals surface area contributed by atoms with Crippen molar-refractivity contribution >= 4 is 5.97 Å². The van der Waals surface area contributed by atoms with Crippen LogP contribution in [0, 0.1) is 0 Å². The van der Waals surface area contributed by atoms with Gasteiger partial charge in [-0.2, -0.15) is 0 Å². The molecule has 0 aliphatic rings. The monoisotopic (exact) mass is 240 g/mol. The second-order valence-corrected chi connectivity index (χ2v) is 4.67. The van der Waals surface area contributed by atoms with Gasteiger partial charge in [-0.15, -0.1) is 0 Å². The molecule has 0 aromatic heterocycles. The summed E-state index contributed by atoms with van der Waals surface area (Å²) in [4.78, 5) is 10.7. The molecule has 100 valence electrons. The van der Waals surface area contributed by atoms with Crippen molar-refractivity contribution in [2.75, 3.05) is 0 Å². The molecule has 0 aliphatic carbocycles. The third-order valence-corrected chi connectivity index (χ3v) is 2.75. The molecule has 1 atom stereocenters. The Morgan fingerprint density at radius 1 is 1.12 bits per heavy atom. The van der Waals surface area contributed by atoms with E-state index >= 15 is 0 Å². The maximum atomic E-state index is 10.7. The number of carbonyl (C=O) groups excluding carboxylic acids is 1. The van der Waals surface area contributed by atoms with E-state index in [2.05, 4.69) is 19.1 Å². The van der Waals surface area contributed by atoms with Gasteiger partial charge in [0, 0.05) is 6.92 Å². The molecule has 17 heavy (non-hydrogen) atoms. The van der Waals surface area contributed by atoms with Crippen LogP contribution in [0.2, 0.25) is 0 Å². The van der Waals surface area contributed by atoms with Gasteiger partial charge in [0.05, 0.1) is 6.10 Å². The molecular weight excluding hydrogens is 212 g/mol. The molecule has 0 rings (SSSR count). The Labute approximate surface area is 106 Å². The van der Waals surface area contributed by atoms with E-state index in [9.17, 15) is 4.79 Å². The molecule has 0 aromatic carbocycles. The number of ether oxygens (including phenoxy) is 1. The first-order valence-electron chi connectivity index (χ1n) is 6.99. The molecule has 0 heterocycles. The summed E-state index contributed by atoms with van der Waals surface area (Å²) < 4.78 is 5.05. The highest BCUT2D eigenvalue weighted by Crippen LogP contribution is 2.07. The Bertz CT molecular complexity index is 209. The number of rotatable bonds is 10. The molecule has 0 aliphatic heterocycles. The molecule has 0 fully saturated rings. The summed E-state index contributed by atoms with van der Waals surface area (Å²) in [6, 6.07) is 0. The quantitative estimate of drug-likeness (QED) is 0.316. The van der Waals surface area contributed by atoms with Crippen LogP contribution in [0.4, 0.5) is 0 Å². The van der Waals surface area contributed by atoms with Crippen molar-refractivity contribution in [2.24, 2.45) is 0 Å². The fourth-order valence-electron chi connectivity index (χ4n) is 1.77. The number of allylic oxidation sites excluding steroid dienone is 2. The van der Waals surface area contributed by atoms with Gasteiger partial charge in [0.15, 0.2) is 0 Å². The second kappa shape index (κ2) is 11.7. The smallest absolute Gasteiger partial charge is 0.302 e. The van der Waals surface area contributed by atoms with E-state index < -0.39 is 0 Å².